The first-order valence-electron chi connectivity index (χ1n) is 8.32. The summed E-state index contributed by atoms with van der Waals surface area (Å²) in [5.74, 6) is 0.689. The molecule has 1 aliphatic rings. The van der Waals surface area contributed by atoms with Gasteiger partial charge in [-0.1, -0.05) is 30.3 Å². The maximum atomic E-state index is 12.4. The number of benzene rings is 1. The standard InChI is InChI=1S/C18H24N4O2/c1-12-7-17(19)22(21-12)11-18(24)20-16(14-9-15(23)10-14)8-13-5-3-2-4-6-13/h2-7,14-16,23H,8-11,19H2,1H3,(H,20,24)/t14?,15?,16-/m0/s1. The molecule has 1 amide bonds. The third-order valence-electron chi connectivity index (χ3n) is 4.59. The number of hydrogen-bond acceptors (Lipinski definition) is 4. The number of aryl methyl sites for hydroxylation is 1. The van der Waals surface area contributed by atoms with E-state index in [2.05, 4.69) is 22.5 Å². The number of anilines is 1. The molecule has 0 saturated heterocycles. The second-order valence-corrected chi connectivity index (χ2v) is 6.62. The Morgan fingerprint density at radius 1 is 1.42 bits per heavy atom. The molecular weight excluding hydrogens is 304 g/mol. The molecule has 1 fully saturated rings. The summed E-state index contributed by atoms with van der Waals surface area (Å²) in [6, 6.07) is 11.9. The molecule has 0 radical (unpaired) electrons. The van der Waals surface area contributed by atoms with E-state index in [1.165, 1.54) is 10.2 Å². The Balaban J connectivity index is 1.64. The molecule has 24 heavy (non-hydrogen) atoms. The minimum atomic E-state index is -0.241. The van der Waals surface area contributed by atoms with Crippen LogP contribution in [-0.4, -0.2) is 32.9 Å². The van der Waals surface area contributed by atoms with Crippen LogP contribution in [0.1, 0.15) is 24.1 Å². The first-order valence-corrected chi connectivity index (χ1v) is 8.32. The lowest BCUT2D eigenvalue weighted by Crippen LogP contribution is -2.49. The van der Waals surface area contributed by atoms with Gasteiger partial charge in [0.05, 0.1) is 11.8 Å². The van der Waals surface area contributed by atoms with Gasteiger partial charge in [-0.25, -0.2) is 4.68 Å². The number of nitrogen functional groups attached to an aromatic ring is 1. The zero-order chi connectivity index (χ0) is 17.1. The summed E-state index contributed by atoms with van der Waals surface area (Å²) in [6.45, 7) is 1.96. The Hall–Kier alpha value is -2.34. The highest BCUT2D eigenvalue weighted by Gasteiger charge is 2.34. The highest BCUT2D eigenvalue weighted by molar-refractivity contribution is 5.76. The molecule has 4 N–H and O–H groups in total. The molecule has 1 aromatic carbocycles. The molecule has 1 heterocycles. The Morgan fingerprint density at radius 2 is 2.12 bits per heavy atom. The van der Waals surface area contributed by atoms with Crippen molar-refractivity contribution in [1.29, 1.82) is 0 Å². The van der Waals surface area contributed by atoms with Gasteiger partial charge in [-0.2, -0.15) is 5.10 Å². The van der Waals surface area contributed by atoms with Crippen molar-refractivity contribution in [1.82, 2.24) is 15.1 Å². The summed E-state index contributed by atoms with van der Waals surface area (Å²) in [5, 5.41) is 16.9. The predicted molar refractivity (Wildman–Crippen MR) is 92.2 cm³/mol. The normalized spacial score (nSPS) is 21.1. The average molecular weight is 328 g/mol. The lowest BCUT2D eigenvalue weighted by atomic mass is 9.75. The van der Waals surface area contributed by atoms with Gasteiger partial charge in [0.15, 0.2) is 0 Å². The summed E-state index contributed by atoms with van der Waals surface area (Å²) >= 11 is 0. The summed E-state index contributed by atoms with van der Waals surface area (Å²) in [7, 11) is 0. The van der Waals surface area contributed by atoms with Crippen LogP contribution >= 0.6 is 0 Å². The number of nitrogens with zero attached hydrogens (tertiary/aromatic N) is 2. The Kier molecular flexibility index (Phi) is 4.85. The van der Waals surface area contributed by atoms with Crippen molar-refractivity contribution >= 4 is 11.7 Å². The molecule has 3 rings (SSSR count). The van der Waals surface area contributed by atoms with E-state index in [1.807, 2.05) is 25.1 Å². The summed E-state index contributed by atoms with van der Waals surface area (Å²) in [5.41, 5.74) is 7.82. The van der Waals surface area contributed by atoms with E-state index in [-0.39, 0.29) is 24.6 Å². The predicted octanol–water partition coefficient (Wildman–Crippen LogP) is 1.27. The van der Waals surface area contributed by atoms with Crippen LogP contribution < -0.4 is 11.1 Å². The molecule has 128 valence electrons. The number of amides is 1. The highest BCUT2D eigenvalue weighted by Crippen LogP contribution is 2.31. The minimum absolute atomic E-state index is 0.0150. The molecule has 0 aliphatic heterocycles. The first-order chi connectivity index (χ1) is 11.5. The number of rotatable bonds is 6. The Labute approximate surface area is 141 Å². The van der Waals surface area contributed by atoms with Gasteiger partial charge in [-0.15, -0.1) is 0 Å². The van der Waals surface area contributed by atoms with E-state index in [4.69, 9.17) is 5.73 Å². The summed E-state index contributed by atoms with van der Waals surface area (Å²) in [4.78, 5) is 12.4. The van der Waals surface area contributed by atoms with Crippen molar-refractivity contribution in [2.75, 3.05) is 5.73 Å². The van der Waals surface area contributed by atoms with Gasteiger partial charge >= 0.3 is 0 Å². The molecule has 1 aromatic heterocycles. The second-order valence-electron chi connectivity index (χ2n) is 6.62. The quantitative estimate of drug-likeness (QED) is 0.744. The number of aliphatic hydroxyl groups excluding tert-OH is 1. The number of carbonyl (C=O) groups is 1. The lowest BCUT2D eigenvalue weighted by Gasteiger charge is -2.38. The van der Waals surface area contributed by atoms with Crippen molar-refractivity contribution in [2.24, 2.45) is 5.92 Å². The Bertz CT molecular complexity index is 692. The largest absolute Gasteiger partial charge is 0.393 e. The Morgan fingerprint density at radius 3 is 2.71 bits per heavy atom. The number of carbonyl (C=O) groups excluding carboxylic acids is 1. The number of aromatic nitrogens is 2. The van der Waals surface area contributed by atoms with Crippen LogP contribution in [-0.2, 0) is 17.8 Å². The second kappa shape index (κ2) is 7.05. The van der Waals surface area contributed by atoms with Gasteiger partial charge in [0.2, 0.25) is 5.91 Å². The molecule has 1 aliphatic carbocycles. The highest BCUT2D eigenvalue weighted by atomic mass is 16.3. The molecule has 6 heteroatoms. The molecular formula is C18H24N4O2. The van der Waals surface area contributed by atoms with E-state index >= 15 is 0 Å². The van der Waals surface area contributed by atoms with E-state index in [1.54, 1.807) is 6.07 Å². The van der Waals surface area contributed by atoms with Crippen LogP contribution in [0.25, 0.3) is 0 Å². The molecule has 1 atom stereocenters. The maximum absolute atomic E-state index is 12.4. The van der Waals surface area contributed by atoms with E-state index < -0.39 is 0 Å². The van der Waals surface area contributed by atoms with Crippen molar-refractivity contribution in [3.63, 3.8) is 0 Å². The fraction of sp³-hybridized carbons (Fsp3) is 0.444. The lowest BCUT2D eigenvalue weighted by molar-refractivity contribution is -0.123. The number of hydrogen-bond donors (Lipinski definition) is 3. The van der Waals surface area contributed by atoms with Crippen molar-refractivity contribution in [3.05, 3.63) is 47.7 Å². The van der Waals surface area contributed by atoms with E-state index in [0.717, 1.165) is 25.0 Å². The van der Waals surface area contributed by atoms with Crippen LogP contribution in [0.5, 0.6) is 0 Å². The fourth-order valence-corrected chi connectivity index (χ4v) is 3.24. The molecule has 0 unspecified atom stereocenters. The number of nitrogens with two attached hydrogens (primary N) is 1. The smallest absolute Gasteiger partial charge is 0.242 e. The topological polar surface area (TPSA) is 93.2 Å². The third-order valence-corrected chi connectivity index (χ3v) is 4.59. The number of nitrogens with one attached hydrogen (secondary N) is 1. The fourth-order valence-electron chi connectivity index (χ4n) is 3.24. The average Bonchev–Trinajstić information content (AvgIpc) is 2.82. The van der Waals surface area contributed by atoms with Crippen LogP contribution in [0.2, 0.25) is 0 Å². The van der Waals surface area contributed by atoms with Gasteiger partial charge < -0.3 is 16.2 Å². The maximum Gasteiger partial charge on any atom is 0.242 e. The van der Waals surface area contributed by atoms with Gasteiger partial charge in [0.1, 0.15) is 12.4 Å². The van der Waals surface area contributed by atoms with E-state index in [0.29, 0.717) is 11.7 Å². The van der Waals surface area contributed by atoms with Gasteiger partial charge in [-0.3, -0.25) is 4.79 Å². The third kappa shape index (κ3) is 3.94. The van der Waals surface area contributed by atoms with Gasteiger partial charge in [0, 0.05) is 12.1 Å². The summed E-state index contributed by atoms with van der Waals surface area (Å²) in [6.07, 6.45) is 1.99. The van der Waals surface area contributed by atoms with Crippen molar-refractivity contribution in [2.45, 2.75) is 44.9 Å². The zero-order valence-corrected chi connectivity index (χ0v) is 13.9. The molecule has 0 spiro atoms. The van der Waals surface area contributed by atoms with Crippen molar-refractivity contribution < 1.29 is 9.90 Å². The number of aliphatic hydroxyl groups is 1. The molecule has 2 aromatic rings. The van der Waals surface area contributed by atoms with Crippen LogP contribution in [0, 0.1) is 12.8 Å². The first kappa shape index (κ1) is 16.5. The minimum Gasteiger partial charge on any atom is -0.393 e. The van der Waals surface area contributed by atoms with Crippen molar-refractivity contribution in [3.8, 4) is 0 Å². The van der Waals surface area contributed by atoms with Gasteiger partial charge in [0.25, 0.3) is 0 Å². The SMILES string of the molecule is Cc1cc(N)n(CC(=O)N[C@@H](Cc2ccccc2)C2CC(O)C2)n1. The van der Waals surface area contributed by atoms with Crippen LogP contribution in [0.4, 0.5) is 5.82 Å². The monoisotopic (exact) mass is 328 g/mol. The molecule has 1 saturated carbocycles. The van der Waals surface area contributed by atoms with Crippen LogP contribution in [0.3, 0.4) is 0 Å². The molecule has 0 bridgehead atoms. The van der Waals surface area contributed by atoms with E-state index in [9.17, 15) is 9.90 Å². The van der Waals surface area contributed by atoms with Crippen LogP contribution in [0.15, 0.2) is 36.4 Å². The zero-order valence-electron chi connectivity index (χ0n) is 13.9. The summed E-state index contributed by atoms with van der Waals surface area (Å²) < 4.78 is 1.51. The van der Waals surface area contributed by atoms with Gasteiger partial charge in [-0.05, 0) is 37.7 Å². The molecule has 6 nitrogen and oxygen atoms in total.